The molecule has 0 amide bonds. The molecule has 1 atom stereocenters. The number of ether oxygens (including phenoxy) is 2. The summed E-state index contributed by atoms with van der Waals surface area (Å²) in [5.41, 5.74) is 2.39. The lowest BCUT2D eigenvalue weighted by atomic mass is 9.92. The molecule has 3 rings (SSSR count). The van der Waals surface area contributed by atoms with E-state index in [9.17, 15) is 4.79 Å². The zero-order valence-corrected chi connectivity index (χ0v) is 14.4. The van der Waals surface area contributed by atoms with Crippen LogP contribution in [0.15, 0.2) is 42.5 Å². The number of aryl methyl sites for hydroxylation is 1. The maximum Gasteiger partial charge on any atom is 0.314 e. The number of rotatable bonds is 6. The molecule has 0 spiro atoms. The van der Waals surface area contributed by atoms with Crippen molar-refractivity contribution in [1.82, 2.24) is 0 Å². The molecule has 2 aromatic carbocycles. The molecule has 1 aliphatic heterocycles. The summed E-state index contributed by atoms with van der Waals surface area (Å²) in [7, 11) is 0. The summed E-state index contributed by atoms with van der Waals surface area (Å²) < 4.78 is 11.4. The lowest BCUT2D eigenvalue weighted by molar-refractivity contribution is -0.140. The molecule has 0 N–H and O–H groups in total. The van der Waals surface area contributed by atoms with E-state index in [2.05, 4.69) is 26.0 Å². The van der Waals surface area contributed by atoms with Crippen LogP contribution in [0.3, 0.4) is 0 Å². The van der Waals surface area contributed by atoms with E-state index in [4.69, 9.17) is 9.47 Å². The van der Waals surface area contributed by atoms with Crippen LogP contribution in [0.5, 0.6) is 17.2 Å². The fourth-order valence-corrected chi connectivity index (χ4v) is 3.12. The third kappa shape index (κ3) is 3.78. The number of hydrogen-bond donors (Lipinski definition) is 0. The lowest BCUT2D eigenvalue weighted by Crippen LogP contribution is -2.27. The molecule has 3 nitrogen and oxygen atoms in total. The van der Waals surface area contributed by atoms with Crippen molar-refractivity contribution in [3.63, 3.8) is 0 Å². The summed E-state index contributed by atoms with van der Waals surface area (Å²) in [4.78, 5) is 12.1. The van der Waals surface area contributed by atoms with Crippen LogP contribution in [-0.2, 0) is 17.6 Å². The van der Waals surface area contributed by atoms with Gasteiger partial charge in [0.05, 0.1) is 5.92 Å². The van der Waals surface area contributed by atoms with E-state index in [-0.39, 0.29) is 11.9 Å². The highest BCUT2D eigenvalue weighted by Crippen LogP contribution is 2.34. The molecule has 0 aliphatic carbocycles. The average molecular weight is 324 g/mol. The highest BCUT2D eigenvalue weighted by molar-refractivity contribution is 5.78. The Balaban J connectivity index is 1.72. The largest absolute Gasteiger partial charge is 0.457 e. The summed E-state index contributed by atoms with van der Waals surface area (Å²) in [5.74, 6) is 1.98. The molecule has 0 saturated carbocycles. The van der Waals surface area contributed by atoms with Crippen molar-refractivity contribution in [2.24, 2.45) is 5.92 Å². The summed E-state index contributed by atoms with van der Waals surface area (Å²) in [6.45, 7) is 4.26. The smallest absolute Gasteiger partial charge is 0.314 e. The van der Waals surface area contributed by atoms with Gasteiger partial charge in [0.1, 0.15) is 17.2 Å². The molecule has 126 valence electrons. The van der Waals surface area contributed by atoms with E-state index >= 15 is 0 Å². The second-order valence-electron chi connectivity index (χ2n) is 6.38. The van der Waals surface area contributed by atoms with Gasteiger partial charge in [-0.1, -0.05) is 44.9 Å². The lowest BCUT2D eigenvalue weighted by Gasteiger charge is -2.23. The fraction of sp³-hybridized carbons (Fsp3) is 0.381. The molecular weight excluding hydrogens is 300 g/mol. The first-order chi connectivity index (χ1) is 11.7. The summed E-state index contributed by atoms with van der Waals surface area (Å²) >= 11 is 0. The summed E-state index contributed by atoms with van der Waals surface area (Å²) in [6.07, 6.45) is 4.84. The predicted molar refractivity (Wildman–Crippen MR) is 94.7 cm³/mol. The minimum absolute atomic E-state index is 0.0135. The number of carbonyl (C=O) groups excluding carboxylic acids is 1. The van der Waals surface area contributed by atoms with E-state index in [0.29, 0.717) is 11.5 Å². The number of carbonyl (C=O) groups is 1. The maximum atomic E-state index is 12.1. The fourth-order valence-electron chi connectivity index (χ4n) is 3.12. The second-order valence-corrected chi connectivity index (χ2v) is 6.38. The zero-order chi connectivity index (χ0) is 16.9. The molecular formula is C21H24O3. The number of fused-ring (bicyclic) bond motifs is 1. The monoisotopic (exact) mass is 324 g/mol. The van der Waals surface area contributed by atoms with Gasteiger partial charge in [0.15, 0.2) is 0 Å². The minimum atomic E-state index is -0.120. The SMILES string of the molecule is CCCc1ccc(Oc2ccc3c(c2)OC(=O)C(CCC)C3)cc1. The number of hydrogen-bond acceptors (Lipinski definition) is 3. The van der Waals surface area contributed by atoms with Crippen LogP contribution in [-0.4, -0.2) is 5.97 Å². The highest BCUT2D eigenvalue weighted by Gasteiger charge is 2.27. The quantitative estimate of drug-likeness (QED) is 0.533. The Bertz CT molecular complexity index is 704. The molecule has 3 heteroatoms. The molecule has 2 aromatic rings. The molecule has 0 fully saturated rings. The van der Waals surface area contributed by atoms with Crippen LogP contribution in [0.25, 0.3) is 0 Å². The highest BCUT2D eigenvalue weighted by atomic mass is 16.5. The van der Waals surface area contributed by atoms with E-state index in [0.717, 1.165) is 43.4 Å². The van der Waals surface area contributed by atoms with Crippen LogP contribution < -0.4 is 9.47 Å². The van der Waals surface area contributed by atoms with E-state index < -0.39 is 0 Å². The number of benzene rings is 2. The van der Waals surface area contributed by atoms with Gasteiger partial charge in [-0.15, -0.1) is 0 Å². The van der Waals surface area contributed by atoms with Gasteiger partial charge in [0.25, 0.3) is 0 Å². The first-order valence-corrected chi connectivity index (χ1v) is 8.81. The third-order valence-corrected chi connectivity index (χ3v) is 4.38. The molecule has 0 saturated heterocycles. The molecule has 1 aliphatic rings. The zero-order valence-electron chi connectivity index (χ0n) is 14.4. The molecule has 1 unspecified atom stereocenters. The second kappa shape index (κ2) is 7.52. The van der Waals surface area contributed by atoms with Gasteiger partial charge in [0.2, 0.25) is 0 Å². The van der Waals surface area contributed by atoms with Gasteiger partial charge < -0.3 is 9.47 Å². The van der Waals surface area contributed by atoms with Crippen LogP contribution in [0.4, 0.5) is 0 Å². The molecule has 0 aromatic heterocycles. The van der Waals surface area contributed by atoms with Crippen molar-refractivity contribution in [2.45, 2.75) is 46.0 Å². The molecule has 0 bridgehead atoms. The van der Waals surface area contributed by atoms with E-state index in [1.807, 2.05) is 30.3 Å². The third-order valence-electron chi connectivity index (χ3n) is 4.38. The van der Waals surface area contributed by atoms with Crippen molar-refractivity contribution < 1.29 is 14.3 Å². The topological polar surface area (TPSA) is 35.5 Å². The van der Waals surface area contributed by atoms with Gasteiger partial charge in [-0.05, 0) is 48.6 Å². The predicted octanol–water partition coefficient (Wildman–Crippen LogP) is 5.31. The maximum absolute atomic E-state index is 12.1. The summed E-state index contributed by atoms with van der Waals surface area (Å²) in [6, 6.07) is 13.9. The minimum Gasteiger partial charge on any atom is -0.457 e. The van der Waals surface area contributed by atoms with Gasteiger partial charge in [0, 0.05) is 6.07 Å². The Morgan fingerprint density at radius 1 is 1.04 bits per heavy atom. The van der Waals surface area contributed by atoms with Crippen molar-refractivity contribution in [3.05, 3.63) is 53.6 Å². The Morgan fingerprint density at radius 2 is 1.79 bits per heavy atom. The van der Waals surface area contributed by atoms with Gasteiger partial charge in [-0.3, -0.25) is 4.79 Å². The van der Waals surface area contributed by atoms with Crippen molar-refractivity contribution >= 4 is 5.97 Å². The van der Waals surface area contributed by atoms with Gasteiger partial charge >= 0.3 is 5.97 Å². The Labute approximate surface area is 143 Å². The standard InChI is InChI=1S/C21H24O3/c1-3-5-15-7-10-18(11-8-15)23-19-12-9-16-13-17(6-4-2)21(22)24-20(16)14-19/h7-12,14,17H,3-6,13H2,1-2H3. The van der Waals surface area contributed by atoms with E-state index in [1.165, 1.54) is 5.56 Å². The van der Waals surface area contributed by atoms with Crippen LogP contribution >= 0.6 is 0 Å². The Kier molecular flexibility index (Phi) is 5.19. The molecule has 24 heavy (non-hydrogen) atoms. The number of esters is 1. The van der Waals surface area contributed by atoms with Gasteiger partial charge in [-0.25, -0.2) is 0 Å². The average Bonchev–Trinajstić information content (AvgIpc) is 2.58. The first kappa shape index (κ1) is 16.6. The van der Waals surface area contributed by atoms with Crippen LogP contribution in [0.2, 0.25) is 0 Å². The van der Waals surface area contributed by atoms with Crippen molar-refractivity contribution in [1.29, 1.82) is 0 Å². The van der Waals surface area contributed by atoms with Crippen molar-refractivity contribution in [2.75, 3.05) is 0 Å². The normalized spacial score (nSPS) is 16.4. The van der Waals surface area contributed by atoms with Crippen molar-refractivity contribution in [3.8, 4) is 17.2 Å². The van der Waals surface area contributed by atoms with Crippen LogP contribution in [0.1, 0.15) is 44.2 Å². The van der Waals surface area contributed by atoms with Gasteiger partial charge in [-0.2, -0.15) is 0 Å². The molecule has 1 heterocycles. The Hall–Kier alpha value is -2.29. The summed E-state index contributed by atoms with van der Waals surface area (Å²) in [5, 5.41) is 0. The van der Waals surface area contributed by atoms with Crippen LogP contribution in [0, 0.1) is 5.92 Å². The first-order valence-electron chi connectivity index (χ1n) is 8.81. The van der Waals surface area contributed by atoms with E-state index in [1.54, 1.807) is 0 Å². The molecule has 0 radical (unpaired) electrons. The Morgan fingerprint density at radius 3 is 2.50 bits per heavy atom.